The van der Waals surface area contributed by atoms with Crippen LogP contribution in [0.5, 0.6) is 0 Å². The molecule has 0 amide bonds. The zero-order valence-electron chi connectivity index (χ0n) is 15.6. The first kappa shape index (κ1) is 19.0. The summed E-state index contributed by atoms with van der Waals surface area (Å²) in [5, 5.41) is 42.2. The van der Waals surface area contributed by atoms with Crippen molar-refractivity contribution in [2.24, 2.45) is 28.6 Å². The molecule has 4 rings (SSSR count). The van der Waals surface area contributed by atoms with E-state index < -0.39 is 41.0 Å². The van der Waals surface area contributed by atoms with Crippen LogP contribution in [0.3, 0.4) is 0 Å². The van der Waals surface area contributed by atoms with Crippen molar-refractivity contribution in [3.8, 4) is 0 Å². The number of rotatable bonds is 2. The SMILES string of the molecule is C[C@]12C=CC=CC1=C(F)C[C@@H]1[C@@H]2C(O)C[C@@]2(C)[C@H]1CC(O)[C@]2(O)C(=O)CO. The van der Waals surface area contributed by atoms with Gasteiger partial charge in [0.2, 0.25) is 0 Å². The van der Waals surface area contributed by atoms with Crippen LogP contribution in [0.15, 0.2) is 35.7 Å². The average molecular weight is 378 g/mol. The lowest BCUT2D eigenvalue weighted by Gasteiger charge is -2.58. The van der Waals surface area contributed by atoms with E-state index in [0.717, 1.165) is 0 Å². The number of fused-ring (bicyclic) bond motifs is 5. The summed E-state index contributed by atoms with van der Waals surface area (Å²) >= 11 is 0. The molecule has 4 aliphatic carbocycles. The van der Waals surface area contributed by atoms with Crippen molar-refractivity contribution in [3.05, 3.63) is 35.7 Å². The molecule has 148 valence electrons. The molecule has 8 atom stereocenters. The van der Waals surface area contributed by atoms with Gasteiger partial charge in [0.1, 0.15) is 12.4 Å². The summed E-state index contributed by atoms with van der Waals surface area (Å²) in [6.07, 6.45) is 5.46. The summed E-state index contributed by atoms with van der Waals surface area (Å²) in [5.41, 5.74) is -3.36. The molecule has 2 fully saturated rings. The standard InChI is InChI=1S/C21H27FO5/c1-19-6-4-3-5-12(19)14(22)7-11-13-8-16(25)21(27,17(26)10-23)20(13,2)9-15(24)18(11)19/h3-6,11,13,15-16,18,23-25,27H,7-10H2,1-2H3/t11-,13-,15?,16?,18+,19-,20-,21-/m0/s1. The number of allylic oxidation sites excluding steroid dienone is 6. The fourth-order valence-corrected chi connectivity index (χ4v) is 6.79. The molecule has 27 heavy (non-hydrogen) atoms. The van der Waals surface area contributed by atoms with Crippen molar-refractivity contribution in [3.63, 3.8) is 0 Å². The third-order valence-corrected chi connectivity index (χ3v) is 8.04. The van der Waals surface area contributed by atoms with Gasteiger partial charge in [0.25, 0.3) is 0 Å². The Hall–Kier alpha value is -1.34. The van der Waals surface area contributed by atoms with Crippen LogP contribution in [0, 0.1) is 28.6 Å². The fourth-order valence-electron chi connectivity index (χ4n) is 6.79. The van der Waals surface area contributed by atoms with Crippen molar-refractivity contribution in [1.82, 2.24) is 0 Å². The summed E-state index contributed by atoms with van der Waals surface area (Å²) in [7, 11) is 0. The van der Waals surface area contributed by atoms with Gasteiger partial charge in [0, 0.05) is 23.2 Å². The van der Waals surface area contributed by atoms with E-state index in [1.54, 1.807) is 19.1 Å². The Bertz CT molecular complexity index is 773. The van der Waals surface area contributed by atoms with Crippen molar-refractivity contribution < 1.29 is 29.6 Å². The fraction of sp³-hybridized carbons (Fsp3) is 0.667. The second kappa shape index (κ2) is 5.83. The number of carbonyl (C=O) groups excluding carboxylic acids is 1. The summed E-state index contributed by atoms with van der Waals surface area (Å²) < 4.78 is 15.0. The highest BCUT2D eigenvalue weighted by Gasteiger charge is 2.71. The monoisotopic (exact) mass is 378 g/mol. The lowest BCUT2D eigenvalue weighted by molar-refractivity contribution is -0.189. The van der Waals surface area contributed by atoms with E-state index in [1.807, 2.05) is 19.1 Å². The lowest BCUT2D eigenvalue weighted by atomic mass is 9.47. The highest BCUT2D eigenvalue weighted by atomic mass is 19.1. The van der Waals surface area contributed by atoms with Crippen molar-refractivity contribution in [1.29, 1.82) is 0 Å². The number of carbonyl (C=O) groups is 1. The molecule has 0 aromatic rings. The van der Waals surface area contributed by atoms with Gasteiger partial charge in [-0.2, -0.15) is 0 Å². The zero-order chi connectivity index (χ0) is 19.8. The minimum Gasteiger partial charge on any atom is -0.393 e. The van der Waals surface area contributed by atoms with Gasteiger partial charge in [-0.25, -0.2) is 4.39 Å². The van der Waals surface area contributed by atoms with Gasteiger partial charge < -0.3 is 20.4 Å². The molecule has 4 aliphatic rings. The minimum absolute atomic E-state index is 0.111. The molecular weight excluding hydrogens is 351 g/mol. The van der Waals surface area contributed by atoms with E-state index in [0.29, 0.717) is 5.57 Å². The van der Waals surface area contributed by atoms with Gasteiger partial charge in [-0.05, 0) is 30.3 Å². The van der Waals surface area contributed by atoms with Crippen molar-refractivity contribution >= 4 is 5.78 Å². The van der Waals surface area contributed by atoms with Crippen LogP contribution in [0.2, 0.25) is 0 Å². The smallest absolute Gasteiger partial charge is 0.192 e. The van der Waals surface area contributed by atoms with Crippen molar-refractivity contribution in [2.75, 3.05) is 6.61 Å². The van der Waals surface area contributed by atoms with E-state index in [1.165, 1.54) is 0 Å². The summed E-state index contributed by atoms with van der Waals surface area (Å²) in [6, 6.07) is 0. The van der Waals surface area contributed by atoms with Crippen molar-refractivity contribution in [2.45, 2.75) is 50.9 Å². The Labute approximate surface area is 157 Å². The molecule has 0 heterocycles. The van der Waals surface area contributed by atoms with E-state index in [2.05, 4.69) is 0 Å². The van der Waals surface area contributed by atoms with Gasteiger partial charge in [0.15, 0.2) is 11.4 Å². The van der Waals surface area contributed by atoms with Gasteiger partial charge in [-0.1, -0.05) is 38.2 Å². The largest absolute Gasteiger partial charge is 0.393 e. The third-order valence-electron chi connectivity index (χ3n) is 8.04. The molecule has 2 saturated carbocycles. The molecule has 4 N–H and O–H groups in total. The number of hydrogen-bond acceptors (Lipinski definition) is 5. The van der Waals surface area contributed by atoms with Crippen LogP contribution < -0.4 is 0 Å². The molecule has 0 radical (unpaired) electrons. The normalized spacial score (nSPS) is 51.0. The Kier molecular flexibility index (Phi) is 4.10. The molecule has 0 bridgehead atoms. The number of hydrogen-bond donors (Lipinski definition) is 4. The highest BCUT2D eigenvalue weighted by molar-refractivity contribution is 5.90. The second-order valence-corrected chi connectivity index (χ2v) is 9.11. The first-order valence-electron chi connectivity index (χ1n) is 9.59. The Morgan fingerprint density at radius 2 is 2.00 bits per heavy atom. The van der Waals surface area contributed by atoms with E-state index in [4.69, 9.17) is 0 Å². The lowest BCUT2D eigenvalue weighted by Crippen LogP contribution is -2.63. The Morgan fingerprint density at radius 1 is 1.30 bits per heavy atom. The maximum absolute atomic E-state index is 15.0. The van der Waals surface area contributed by atoms with Gasteiger partial charge in [-0.3, -0.25) is 4.79 Å². The van der Waals surface area contributed by atoms with Crippen LogP contribution in [0.25, 0.3) is 0 Å². The maximum atomic E-state index is 15.0. The molecule has 0 spiro atoms. The number of Topliss-reactive ketones (excluding diaryl/α,β-unsaturated/α-hetero) is 1. The van der Waals surface area contributed by atoms with Crippen LogP contribution in [0.1, 0.15) is 33.1 Å². The number of ketones is 1. The number of aliphatic hydroxyl groups is 4. The molecule has 0 aromatic heterocycles. The molecule has 0 aromatic carbocycles. The second-order valence-electron chi connectivity index (χ2n) is 9.11. The van der Waals surface area contributed by atoms with E-state index in [9.17, 15) is 25.2 Å². The quantitative estimate of drug-likeness (QED) is 0.583. The van der Waals surface area contributed by atoms with E-state index >= 15 is 4.39 Å². The van der Waals surface area contributed by atoms with Crippen LogP contribution >= 0.6 is 0 Å². The molecule has 0 saturated heterocycles. The summed E-state index contributed by atoms with van der Waals surface area (Å²) in [5.74, 6) is -2.02. The molecular formula is C21H27FO5. The first-order chi connectivity index (χ1) is 12.6. The van der Waals surface area contributed by atoms with Gasteiger partial charge >= 0.3 is 0 Å². The summed E-state index contributed by atoms with van der Waals surface area (Å²) in [6.45, 7) is 2.71. The maximum Gasteiger partial charge on any atom is 0.192 e. The predicted octanol–water partition coefficient (Wildman–Crippen LogP) is 1.42. The number of halogens is 1. The molecule has 5 nitrogen and oxygen atoms in total. The van der Waals surface area contributed by atoms with Crippen LogP contribution in [0.4, 0.5) is 4.39 Å². The van der Waals surface area contributed by atoms with Gasteiger partial charge in [0.05, 0.1) is 12.2 Å². The van der Waals surface area contributed by atoms with E-state index in [-0.39, 0.29) is 42.8 Å². The van der Waals surface area contributed by atoms with Crippen LogP contribution in [-0.4, -0.2) is 50.6 Å². The minimum atomic E-state index is -2.14. The third kappa shape index (κ3) is 2.15. The van der Waals surface area contributed by atoms with Gasteiger partial charge in [-0.15, -0.1) is 0 Å². The number of aliphatic hydroxyl groups excluding tert-OH is 3. The first-order valence-corrected chi connectivity index (χ1v) is 9.59. The zero-order valence-corrected chi connectivity index (χ0v) is 15.6. The van der Waals surface area contributed by atoms with Crippen LogP contribution in [-0.2, 0) is 4.79 Å². The predicted molar refractivity (Wildman–Crippen MR) is 96.0 cm³/mol. The Morgan fingerprint density at radius 3 is 2.67 bits per heavy atom. The molecule has 0 aliphatic heterocycles. The topological polar surface area (TPSA) is 98.0 Å². The molecule has 6 heteroatoms. The summed E-state index contributed by atoms with van der Waals surface area (Å²) in [4.78, 5) is 12.4. The average Bonchev–Trinajstić information content (AvgIpc) is 2.82. The molecule has 2 unspecified atom stereocenters. The Balaban J connectivity index is 1.83. The highest BCUT2D eigenvalue weighted by Crippen LogP contribution is 2.67.